The van der Waals surface area contributed by atoms with E-state index >= 15 is 0 Å². The zero-order valence-corrected chi connectivity index (χ0v) is 15.1. The van der Waals surface area contributed by atoms with E-state index in [9.17, 15) is 9.59 Å². The van der Waals surface area contributed by atoms with Crippen molar-refractivity contribution in [3.8, 4) is 5.75 Å². The van der Waals surface area contributed by atoms with Crippen molar-refractivity contribution < 1.29 is 14.3 Å². The molecule has 0 radical (unpaired) electrons. The summed E-state index contributed by atoms with van der Waals surface area (Å²) in [5.41, 5.74) is 3.60. The topological polar surface area (TPSA) is 67.4 Å². The Morgan fingerprint density at radius 2 is 1.68 bits per heavy atom. The molecular weight excluding hydrogens is 316 g/mol. The minimum Gasteiger partial charge on any atom is -0.496 e. The van der Waals surface area contributed by atoms with Crippen LogP contribution in [0.5, 0.6) is 5.75 Å². The molecule has 0 saturated heterocycles. The number of nitrogens with one attached hydrogen (secondary N) is 2. The summed E-state index contributed by atoms with van der Waals surface area (Å²) in [7, 11) is 1.60. The van der Waals surface area contributed by atoms with Gasteiger partial charge in [0.05, 0.1) is 19.7 Å². The van der Waals surface area contributed by atoms with Crippen molar-refractivity contribution in [1.29, 1.82) is 0 Å². The lowest BCUT2D eigenvalue weighted by Gasteiger charge is -2.18. The summed E-state index contributed by atoms with van der Waals surface area (Å²) >= 11 is 0. The number of aryl methyl sites for hydroxylation is 2. The summed E-state index contributed by atoms with van der Waals surface area (Å²) in [5, 5.41) is 5.51. The third kappa shape index (κ3) is 5.08. The van der Waals surface area contributed by atoms with E-state index < -0.39 is 0 Å². The molecule has 2 amide bonds. The van der Waals surface area contributed by atoms with Crippen LogP contribution in [0.1, 0.15) is 40.0 Å². The number of methoxy groups -OCH3 is 1. The van der Waals surface area contributed by atoms with Crippen molar-refractivity contribution in [2.75, 3.05) is 13.7 Å². The molecule has 0 saturated carbocycles. The number of ether oxygens (including phenoxy) is 1. The average Bonchev–Trinajstić information content (AvgIpc) is 2.60. The SMILES string of the molecule is COc1ccc(C)cc1C(C)NC(=O)CNC(=O)c1ccc(C)cc1. The maximum absolute atomic E-state index is 12.1. The van der Waals surface area contributed by atoms with Gasteiger partial charge in [0.2, 0.25) is 5.91 Å². The maximum atomic E-state index is 12.1. The van der Waals surface area contributed by atoms with Crippen molar-refractivity contribution in [2.45, 2.75) is 26.8 Å². The van der Waals surface area contributed by atoms with E-state index in [4.69, 9.17) is 4.74 Å². The first-order chi connectivity index (χ1) is 11.9. The van der Waals surface area contributed by atoms with Crippen LogP contribution in [0.25, 0.3) is 0 Å². The lowest BCUT2D eigenvalue weighted by molar-refractivity contribution is -0.120. The van der Waals surface area contributed by atoms with Crippen molar-refractivity contribution in [1.82, 2.24) is 10.6 Å². The fourth-order valence-electron chi connectivity index (χ4n) is 2.53. The number of hydrogen-bond donors (Lipinski definition) is 2. The van der Waals surface area contributed by atoms with Crippen molar-refractivity contribution >= 4 is 11.8 Å². The number of amides is 2. The van der Waals surface area contributed by atoms with Gasteiger partial charge in [-0.15, -0.1) is 0 Å². The van der Waals surface area contributed by atoms with Gasteiger partial charge in [-0.3, -0.25) is 9.59 Å². The molecule has 5 nitrogen and oxygen atoms in total. The Balaban J connectivity index is 1.92. The first kappa shape index (κ1) is 18.5. The van der Waals surface area contributed by atoms with Crippen LogP contribution >= 0.6 is 0 Å². The van der Waals surface area contributed by atoms with Crippen molar-refractivity contribution in [3.05, 3.63) is 64.7 Å². The highest BCUT2D eigenvalue weighted by Gasteiger charge is 2.15. The highest BCUT2D eigenvalue weighted by molar-refractivity contribution is 5.96. The summed E-state index contributed by atoms with van der Waals surface area (Å²) in [6.07, 6.45) is 0. The number of carbonyl (C=O) groups excluding carboxylic acids is 2. The van der Waals surface area contributed by atoms with Crippen LogP contribution in [-0.4, -0.2) is 25.5 Å². The van der Waals surface area contributed by atoms with Gasteiger partial charge in [0, 0.05) is 11.1 Å². The van der Waals surface area contributed by atoms with Crippen LogP contribution in [-0.2, 0) is 4.79 Å². The minimum atomic E-state index is -0.268. The molecule has 1 unspecified atom stereocenters. The normalized spacial score (nSPS) is 11.5. The van der Waals surface area contributed by atoms with Crippen LogP contribution in [0.3, 0.4) is 0 Å². The Labute approximate surface area is 148 Å². The molecule has 2 N–H and O–H groups in total. The van der Waals surface area contributed by atoms with E-state index in [0.29, 0.717) is 5.56 Å². The molecule has 0 spiro atoms. The third-order valence-corrected chi connectivity index (χ3v) is 3.95. The number of carbonyl (C=O) groups is 2. The quantitative estimate of drug-likeness (QED) is 0.850. The van der Waals surface area contributed by atoms with E-state index in [2.05, 4.69) is 10.6 Å². The molecule has 1 atom stereocenters. The highest BCUT2D eigenvalue weighted by atomic mass is 16.5. The zero-order chi connectivity index (χ0) is 18.4. The zero-order valence-electron chi connectivity index (χ0n) is 15.1. The molecule has 0 aliphatic rings. The van der Waals surface area contributed by atoms with Crippen molar-refractivity contribution in [3.63, 3.8) is 0 Å². The van der Waals surface area contributed by atoms with Crippen LogP contribution in [0, 0.1) is 13.8 Å². The molecule has 0 aliphatic carbocycles. The van der Waals surface area contributed by atoms with E-state index in [0.717, 1.165) is 22.4 Å². The number of hydrogen-bond acceptors (Lipinski definition) is 3. The molecule has 132 valence electrons. The van der Waals surface area contributed by atoms with Crippen LogP contribution < -0.4 is 15.4 Å². The van der Waals surface area contributed by atoms with Gasteiger partial charge in [-0.1, -0.05) is 35.4 Å². The van der Waals surface area contributed by atoms with E-state index in [1.807, 2.05) is 51.1 Å². The molecule has 0 bridgehead atoms. The lowest BCUT2D eigenvalue weighted by Crippen LogP contribution is -2.38. The Hall–Kier alpha value is -2.82. The predicted molar refractivity (Wildman–Crippen MR) is 97.8 cm³/mol. The molecule has 25 heavy (non-hydrogen) atoms. The molecule has 2 aromatic carbocycles. The standard InChI is InChI=1S/C20H24N2O3/c1-13-5-8-16(9-6-13)20(24)21-12-19(23)22-15(3)17-11-14(2)7-10-18(17)25-4/h5-11,15H,12H2,1-4H3,(H,21,24)(H,22,23). The van der Waals surface area contributed by atoms with Gasteiger partial charge < -0.3 is 15.4 Å². The van der Waals surface area contributed by atoms with Crippen molar-refractivity contribution in [2.24, 2.45) is 0 Å². The lowest BCUT2D eigenvalue weighted by atomic mass is 10.0. The predicted octanol–water partition coefficient (Wildman–Crippen LogP) is 2.92. The van der Waals surface area contributed by atoms with Gasteiger partial charge >= 0.3 is 0 Å². The molecule has 2 aromatic rings. The smallest absolute Gasteiger partial charge is 0.251 e. The summed E-state index contributed by atoms with van der Waals surface area (Å²) in [4.78, 5) is 24.2. The second-order valence-electron chi connectivity index (χ2n) is 6.08. The van der Waals surface area contributed by atoms with Crippen LogP contribution in [0.2, 0.25) is 0 Å². The minimum absolute atomic E-state index is 0.0782. The Bertz CT molecular complexity index is 754. The fourth-order valence-corrected chi connectivity index (χ4v) is 2.53. The maximum Gasteiger partial charge on any atom is 0.251 e. The van der Waals surface area contributed by atoms with E-state index in [-0.39, 0.29) is 24.4 Å². The van der Waals surface area contributed by atoms with E-state index in [1.54, 1.807) is 19.2 Å². The number of benzene rings is 2. The molecule has 0 fully saturated rings. The molecule has 0 aromatic heterocycles. The van der Waals surface area contributed by atoms with Gasteiger partial charge in [-0.2, -0.15) is 0 Å². The largest absolute Gasteiger partial charge is 0.496 e. The summed E-state index contributed by atoms with van der Waals surface area (Å²) in [5.74, 6) is 0.203. The molecular formula is C20H24N2O3. The number of rotatable bonds is 6. The molecule has 0 heterocycles. The average molecular weight is 340 g/mol. The Kier molecular flexibility index (Phi) is 6.17. The Morgan fingerprint density at radius 1 is 1.04 bits per heavy atom. The Morgan fingerprint density at radius 3 is 2.32 bits per heavy atom. The second kappa shape index (κ2) is 8.33. The van der Waals surface area contributed by atoms with Gasteiger partial charge in [-0.05, 0) is 39.0 Å². The molecule has 5 heteroatoms. The first-order valence-electron chi connectivity index (χ1n) is 8.19. The van der Waals surface area contributed by atoms with Crippen LogP contribution in [0.15, 0.2) is 42.5 Å². The third-order valence-electron chi connectivity index (χ3n) is 3.95. The fraction of sp³-hybridized carbons (Fsp3) is 0.300. The summed E-state index contributed by atoms with van der Waals surface area (Å²) in [6.45, 7) is 5.75. The monoisotopic (exact) mass is 340 g/mol. The molecule has 2 rings (SSSR count). The summed E-state index contributed by atoms with van der Waals surface area (Å²) < 4.78 is 5.35. The van der Waals surface area contributed by atoms with Gasteiger partial charge in [0.1, 0.15) is 5.75 Å². The van der Waals surface area contributed by atoms with Crippen LogP contribution in [0.4, 0.5) is 0 Å². The highest BCUT2D eigenvalue weighted by Crippen LogP contribution is 2.25. The summed E-state index contributed by atoms with van der Waals surface area (Å²) in [6, 6.07) is 12.8. The first-order valence-corrected chi connectivity index (χ1v) is 8.19. The second-order valence-corrected chi connectivity index (χ2v) is 6.08. The van der Waals surface area contributed by atoms with Gasteiger partial charge in [0.15, 0.2) is 0 Å². The van der Waals surface area contributed by atoms with E-state index in [1.165, 1.54) is 0 Å². The van der Waals surface area contributed by atoms with Gasteiger partial charge in [0.25, 0.3) is 5.91 Å². The molecule has 0 aliphatic heterocycles. The van der Waals surface area contributed by atoms with Gasteiger partial charge in [-0.25, -0.2) is 0 Å².